The zero-order valence-electron chi connectivity index (χ0n) is 10.9. The van der Waals surface area contributed by atoms with Crippen LogP contribution in [0.5, 0.6) is 0 Å². The van der Waals surface area contributed by atoms with Gasteiger partial charge in [0, 0.05) is 16.8 Å². The molecule has 106 valence electrons. The molecule has 2 heterocycles. The smallest absolute Gasteiger partial charge is 0.339 e. The molecule has 3 aromatic rings. The van der Waals surface area contributed by atoms with E-state index in [0.29, 0.717) is 22.8 Å². The fourth-order valence-electron chi connectivity index (χ4n) is 2.07. The molecule has 1 N–H and O–H groups in total. The quantitative estimate of drug-likeness (QED) is 0.800. The number of hydrogen-bond acceptors (Lipinski definition) is 3. The summed E-state index contributed by atoms with van der Waals surface area (Å²) in [7, 11) is 0. The Morgan fingerprint density at radius 1 is 1.33 bits per heavy atom. The van der Waals surface area contributed by atoms with Crippen LogP contribution in [-0.4, -0.2) is 20.9 Å². The monoisotopic (exact) mass is 302 g/mol. The van der Waals surface area contributed by atoms with Crippen LogP contribution >= 0.6 is 11.6 Å². The lowest BCUT2D eigenvalue weighted by molar-refractivity contribution is 0.0697. The highest BCUT2D eigenvalue weighted by atomic mass is 35.5. The topological polar surface area (TPSA) is 68.3 Å². The second-order valence-electron chi connectivity index (χ2n) is 4.50. The number of hydrogen-bond donors (Lipinski definition) is 1. The molecule has 0 aliphatic carbocycles. The van der Waals surface area contributed by atoms with E-state index in [1.54, 1.807) is 16.8 Å². The summed E-state index contributed by atoms with van der Waals surface area (Å²) >= 11 is 6.11. The van der Waals surface area contributed by atoms with Crippen molar-refractivity contribution in [3.8, 4) is 11.3 Å². The normalized spacial score (nSPS) is 10.7. The molecule has 0 amide bonds. The summed E-state index contributed by atoms with van der Waals surface area (Å²) < 4.78 is 6.55. The van der Waals surface area contributed by atoms with Crippen molar-refractivity contribution in [1.82, 2.24) is 9.78 Å². The van der Waals surface area contributed by atoms with E-state index in [9.17, 15) is 9.90 Å². The van der Waals surface area contributed by atoms with Gasteiger partial charge in [-0.25, -0.2) is 4.79 Å². The molecule has 0 aliphatic rings. The van der Waals surface area contributed by atoms with Crippen molar-refractivity contribution in [2.75, 3.05) is 0 Å². The van der Waals surface area contributed by atoms with E-state index in [1.165, 1.54) is 18.7 Å². The maximum atomic E-state index is 11.3. The molecule has 0 bridgehead atoms. The summed E-state index contributed by atoms with van der Waals surface area (Å²) in [5.41, 5.74) is 2.01. The van der Waals surface area contributed by atoms with Crippen molar-refractivity contribution in [2.24, 2.45) is 0 Å². The molecule has 0 atom stereocenters. The Balaban J connectivity index is 2.00. The molecule has 2 aromatic heterocycles. The number of halogens is 1. The van der Waals surface area contributed by atoms with E-state index >= 15 is 0 Å². The molecule has 0 unspecified atom stereocenters. The first kappa shape index (κ1) is 13.5. The van der Waals surface area contributed by atoms with Crippen molar-refractivity contribution in [2.45, 2.75) is 6.54 Å². The lowest BCUT2D eigenvalue weighted by atomic mass is 10.1. The zero-order valence-corrected chi connectivity index (χ0v) is 11.6. The van der Waals surface area contributed by atoms with Crippen LogP contribution in [0.25, 0.3) is 11.3 Å². The van der Waals surface area contributed by atoms with Crippen molar-refractivity contribution < 1.29 is 14.3 Å². The number of aromatic nitrogens is 2. The highest BCUT2D eigenvalue weighted by molar-refractivity contribution is 6.31. The van der Waals surface area contributed by atoms with Crippen molar-refractivity contribution in [1.29, 1.82) is 0 Å². The minimum absolute atomic E-state index is 0.128. The van der Waals surface area contributed by atoms with Gasteiger partial charge in [-0.2, -0.15) is 5.10 Å². The van der Waals surface area contributed by atoms with Gasteiger partial charge in [-0.3, -0.25) is 4.68 Å². The van der Waals surface area contributed by atoms with Crippen molar-refractivity contribution in [3.05, 3.63) is 65.2 Å². The van der Waals surface area contributed by atoms with Gasteiger partial charge in [0.1, 0.15) is 11.3 Å². The largest absolute Gasteiger partial charge is 0.478 e. The molecule has 3 rings (SSSR count). The van der Waals surface area contributed by atoms with Crippen LogP contribution in [0.3, 0.4) is 0 Å². The fourth-order valence-corrected chi connectivity index (χ4v) is 2.27. The van der Waals surface area contributed by atoms with Gasteiger partial charge < -0.3 is 9.52 Å². The van der Waals surface area contributed by atoms with Gasteiger partial charge in [0.15, 0.2) is 0 Å². The van der Waals surface area contributed by atoms with Crippen LogP contribution in [0.2, 0.25) is 5.02 Å². The number of benzene rings is 1. The first-order chi connectivity index (χ1) is 10.1. The lowest BCUT2D eigenvalue weighted by Crippen LogP contribution is -2.01. The Kier molecular flexibility index (Phi) is 3.50. The van der Waals surface area contributed by atoms with Gasteiger partial charge in [-0.05, 0) is 17.7 Å². The Morgan fingerprint density at radius 2 is 2.14 bits per heavy atom. The van der Waals surface area contributed by atoms with Gasteiger partial charge >= 0.3 is 5.97 Å². The predicted molar refractivity (Wildman–Crippen MR) is 77.4 cm³/mol. The Hall–Kier alpha value is -2.53. The van der Waals surface area contributed by atoms with E-state index in [4.69, 9.17) is 16.0 Å². The summed E-state index contributed by atoms with van der Waals surface area (Å²) in [6.45, 7) is 0.401. The highest BCUT2D eigenvalue weighted by Gasteiger charge is 2.18. The predicted octanol–water partition coefficient (Wildman–Crippen LogP) is 3.54. The lowest BCUT2D eigenvalue weighted by Gasteiger charge is -2.03. The first-order valence-corrected chi connectivity index (χ1v) is 6.59. The third-order valence-electron chi connectivity index (χ3n) is 3.08. The Morgan fingerprint density at radius 3 is 2.81 bits per heavy atom. The van der Waals surface area contributed by atoms with Crippen molar-refractivity contribution in [3.63, 3.8) is 0 Å². The molecule has 5 nitrogen and oxygen atoms in total. The van der Waals surface area contributed by atoms with Crippen LogP contribution < -0.4 is 0 Å². The second kappa shape index (κ2) is 5.46. The fraction of sp³-hybridized carbons (Fsp3) is 0.0667. The summed E-state index contributed by atoms with van der Waals surface area (Å²) in [6, 6.07) is 9.06. The molecule has 21 heavy (non-hydrogen) atoms. The maximum Gasteiger partial charge on any atom is 0.339 e. The molecule has 0 spiro atoms. The minimum atomic E-state index is -1.03. The third-order valence-corrected chi connectivity index (χ3v) is 3.45. The van der Waals surface area contributed by atoms with Gasteiger partial charge in [0.25, 0.3) is 0 Å². The zero-order chi connectivity index (χ0) is 14.8. The van der Waals surface area contributed by atoms with E-state index in [2.05, 4.69) is 5.10 Å². The molecule has 6 heteroatoms. The molecular formula is C15H11ClN2O3. The second-order valence-corrected chi connectivity index (χ2v) is 4.90. The molecule has 0 saturated carbocycles. The van der Waals surface area contributed by atoms with Crippen molar-refractivity contribution >= 4 is 17.6 Å². The van der Waals surface area contributed by atoms with E-state index < -0.39 is 5.97 Å². The molecule has 0 aliphatic heterocycles. The van der Waals surface area contributed by atoms with E-state index in [0.717, 1.165) is 5.56 Å². The highest BCUT2D eigenvalue weighted by Crippen LogP contribution is 2.24. The first-order valence-electron chi connectivity index (χ1n) is 6.22. The Bertz CT molecular complexity index is 778. The van der Waals surface area contributed by atoms with Crippen LogP contribution in [0.1, 0.15) is 15.9 Å². The summed E-state index contributed by atoms with van der Waals surface area (Å²) in [5, 5.41) is 14.2. The van der Waals surface area contributed by atoms with Crippen LogP contribution in [0.4, 0.5) is 0 Å². The SMILES string of the molecule is O=C(O)c1cn(Cc2ccccc2Cl)nc1-c1ccoc1. The average molecular weight is 303 g/mol. The number of carboxylic acid groups (broad SMARTS) is 1. The third kappa shape index (κ3) is 2.68. The maximum absolute atomic E-state index is 11.3. The minimum Gasteiger partial charge on any atom is -0.478 e. The number of furan rings is 1. The van der Waals surface area contributed by atoms with E-state index in [1.807, 2.05) is 18.2 Å². The van der Waals surface area contributed by atoms with Gasteiger partial charge in [-0.15, -0.1) is 0 Å². The van der Waals surface area contributed by atoms with Gasteiger partial charge in [0.2, 0.25) is 0 Å². The standard InChI is InChI=1S/C15H11ClN2O3/c16-13-4-2-1-3-10(13)7-18-8-12(15(19)20)14(17-18)11-5-6-21-9-11/h1-6,8-9H,7H2,(H,19,20). The van der Waals surface area contributed by atoms with E-state index in [-0.39, 0.29) is 5.56 Å². The van der Waals surface area contributed by atoms with Crippen LogP contribution in [-0.2, 0) is 6.54 Å². The molecule has 0 radical (unpaired) electrons. The summed E-state index contributed by atoms with van der Waals surface area (Å²) in [4.78, 5) is 11.3. The molecule has 0 fully saturated rings. The van der Waals surface area contributed by atoms with Gasteiger partial charge in [-0.1, -0.05) is 29.8 Å². The van der Waals surface area contributed by atoms with Gasteiger partial charge in [0.05, 0.1) is 19.1 Å². The number of rotatable bonds is 4. The molecule has 1 aromatic carbocycles. The van der Waals surface area contributed by atoms with Crippen LogP contribution in [0, 0.1) is 0 Å². The molecular weight excluding hydrogens is 292 g/mol. The van der Waals surface area contributed by atoms with Crippen LogP contribution in [0.15, 0.2) is 53.5 Å². The summed E-state index contributed by atoms with van der Waals surface area (Å²) in [5.74, 6) is -1.03. The Labute approximate surface area is 125 Å². The number of carbonyl (C=O) groups is 1. The molecule has 0 saturated heterocycles. The number of carboxylic acids is 1. The number of aromatic carboxylic acids is 1. The average Bonchev–Trinajstić information content (AvgIpc) is 3.10. The summed E-state index contributed by atoms with van der Waals surface area (Å²) in [6.07, 6.45) is 4.44. The number of nitrogens with zero attached hydrogens (tertiary/aromatic N) is 2.